The molecule has 1 rings (SSSR count). The second kappa shape index (κ2) is 6.97. The molecule has 0 aromatic heterocycles. The molecule has 0 spiro atoms. The zero-order valence-corrected chi connectivity index (χ0v) is 11.0. The Hall–Kier alpha value is -0.610. The van der Waals surface area contributed by atoms with Crippen molar-refractivity contribution in [3.8, 4) is 0 Å². The third-order valence-corrected chi connectivity index (χ3v) is 3.58. The Morgan fingerprint density at radius 2 is 2.00 bits per heavy atom. The van der Waals surface area contributed by atoms with Crippen LogP contribution in [0.3, 0.4) is 0 Å². The van der Waals surface area contributed by atoms with E-state index in [4.69, 9.17) is 9.84 Å². The van der Waals surface area contributed by atoms with Gasteiger partial charge in [-0.05, 0) is 58.5 Å². The van der Waals surface area contributed by atoms with Crippen LogP contribution in [0.1, 0.15) is 39.5 Å². The predicted octanol–water partition coefficient (Wildman–Crippen LogP) is 1.89. The minimum Gasteiger partial charge on any atom is -0.481 e. The summed E-state index contributed by atoms with van der Waals surface area (Å²) in [7, 11) is 0. The molecule has 100 valence electrons. The van der Waals surface area contributed by atoms with Gasteiger partial charge in [-0.2, -0.15) is 0 Å². The van der Waals surface area contributed by atoms with Crippen LogP contribution in [0.25, 0.3) is 0 Å². The molecule has 1 fully saturated rings. The molecule has 0 aliphatic carbocycles. The molecule has 4 heteroatoms. The third-order valence-electron chi connectivity index (χ3n) is 3.58. The zero-order valence-electron chi connectivity index (χ0n) is 11.0. The van der Waals surface area contributed by atoms with Gasteiger partial charge in [0.1, 0.15) is 0 Å². The van der Waals surface area contributed by atoms with E-state index < -0.39 is 11.4 Å². The quantitative estimate of drug-likeness (QED) is 0.670. The predicted molar refractivity (Wildman–Crippen MR) is 67.1 cm³/mol. The van der Waals surface area contributed by atoms with Crippen LogP contribution in [0, 0.1) is 11.3 Å². The summed E-state index contributed by atoms with van der Waals surface area (Å²) in [6, 6.07) is 0. The lowest BCUT2D eigenvalue weighted by atomic mass is 9.89. The van der Waals surface area contributed by atoms with Crippen molar-refractivity contribution < 1.29 is 14.6 Å². The van der Waals surface area contributed by atoms with E-state index in [0.717, 1.165) is 32.2 Å². The van der Waals surface area contributed by atoms with Gasteiger partial charge in [0, 0.05) is 13.2 Å². The van der Waals surface area contributed by atoms with Gasteiger partial charge in [0.05, 0.1) is 5.41 Å². The molecular weight excluding hydrogens is 218 g/mol. The maximum Gasteiger partial charge on any atom is 0.309 e. The Morgan fingerprint density at radius 1 is 1.35 bits per heavy atom. The normalized spacial score (nSPS) is 18.2. The number of hydrogen-bond donors (Lipinski definition) is 2. The zero-order chi connectivity index (χ0) is 12.7. The van der Waals surface area contributed by atoms with E-state index in [9.17, 15) is 4.79 Å². The first-order chi connectivity index (χ1) is 8.02. The van der Waals surface area contributed by atoms with Crippen LogP contribution >= 0.6 is 0 Å². The smallest absolute Gasteiger partial charge is 0.309 e. The molecule has 0 unspecified atom stereocenters. The number of rotatable bonds is 7. The fraction of sp³-hybridized carbons (Fsp3) is 0.923. The Morgan fingerprint density at radius 3 is 2.59 bits per heavy atom. The largest absolute Gasteiger partial charge is 0.481 e. The molecule has 0 aromatic carbocycles. The highest BCUT2D eigenvalue weighted by Crippen LogP contribution is 2.20. The number of aliphatic carboxylic acids is 1. The molecule has 0 radical (unpaired) electrons. The number of carboxylic acid groups (broad SMARTS) is 1. The topological polar surface area (TPSA) is 58.6 Å². The van der Waals surface area contributed by atoms with E-state index >= 15 is 0 Å². The van der Waals surface area contributed by atoms with Gasteiger partial charge in [-0.15, -0.1) is 0 Å². The van der Waals surface area contributed by atoms with Gasteiger partial charge in [0.15, 0.2) is 0 Å². The lowest BCUT2D eigenvalue weighted by Crippen LogP contribution is -2.30. The van der Waals surface area contributed by atoms with Crippen LogP contribution in [-0.2, 0) is 9.53 Å². The average molecular weight is 243 g/mol. The van der Waals surface area contributed by atoms with Gasteiger partial charge in [-0.25, -0.2) is 0 Å². The second-order valence-electron chi connectivity index (χ2n) is 5.53. The van der Waals surface area contributed by atoms with E-state index in [1.54, 1.807) is 13.8 Å². The monoisotopic (exact) mass is 243 g/mol. The SMILES string of the molecule is CC(C)(CCNCCC1CCOCC1)C(=O)O. The maximum absolute atomic E-state index is 10.9. The van der Waals surface area contributed by atoms with Crippen molar-refractivity contribution in [2.75, 3.05) is 26.3 Å². The summed E-state index contributed by atoms with van der Waals surface area (Å²) in [5.41, 5.74) is -0.619. The third kappa shape index (κ3) is 5.50. The molecule has 0 bridgehead atoms. The van der Waals surface area contributed by atoms with Crippen molar-refractivity contribution in [2.45, 2.75) is 39.5 Å². The molecule has 0 aromatic rings. The summed E-state index contributed by atoms with van der Waals surface area (Å²) < 4.78 is 5.31. The Kier molecular flexibility index (Phi) is 5.92. The van der Waals surface area contributed by atoms with E-state index in [1.165, 1.54) is 19.3 Å². The molecule has 1 heterocycles. The number of carbonyl (C=O) groups is 1. The van der Waals surface area contributed by atoms with E-state index in [1.807, 2.05) is 0 Å². The maximum atomic E-state index is 10.9. The molecule has 1 aliphatic rings. The highest BCUT2D eigenvalue weighted by Gasteiger charge is 2.26. The molecule has 1 aliphatic heterocycles. The summed E-state index contributed by atoms with van der Waals surface area (Å²) in [4.78, 5) is 10.9. The molecule has 4 nitrogen and oxygen atoms in total. The van der Waals surface area contributed by atoms with E-state index in [-0.39, 0.29) is 0 Å². The van der Waals surface area contributed by atoms with Crippen LogP contribution in [0.5, 0.6) is 0 Å². The van der Waals surface area contributed by atoms with Crippen molar-refractivity contribution in [3.63, 3.8) is 0 Å². The molecule has 0 saturated carbocycles. The average Bonchev–Trinajstić information content (AvgIpc) is 2.29. The van der Waals surface area contributed by atoms with Gasteiger partial charge >= 0.3 is 5.97 Å². The molecule has 1 saturated heterocycles. The van der Waals surface area contributed by atoms with Crippen molar-refractivity contribution in [3.05, 3.63) is 0 Å². The van der Waals surface area contributed by atoms with Crippen LogP contribution in [0.15, 0.2) is 0 Å². The molecule has 0 atom stereocenters. The summed E-state index contributed by atoms with van der Waals surface area (Å²) in [5.74, 6) is 0.0625. The lowest BCUT2D eigenvalue weighted by Gasteiger charge is -2.22. The first-order valence-electron chi connectivity index (χ1n) is 6.54. The summed E-state index contributed by atoms with van der Waals surface area (Å²) in [5, 5.41) is 12.3. The van der Waals surface area contributed by atoms with E-state index in [2.05, 4.69) is 5.32 Å². The van der Waals surface area contributed by atoms with Gasteiger partial charge in [0.2, 0.25) is 0 Å². The van der Waals surface area contributed by atoms with E-state index in [0.29, 0.717) is 6.42 Å². The van der Waals surface area contributed by atoms with Crippen molar-refractivity contribution in [2.24, 2.45) is 11.3 Å². The van der Waals surface area contributed by atoms with Gasteiger partial charge in [-0.3, -0.25) is 4.79 Å². The lowest BCUT2D eigenvalue weighted by molar-refractivity contribution is -0.147. The van der Waals surface area contributed by atoms with Crippen LogP contribution in [-0.4, -0.2) is 37.4 Å². The van der Waals surface area contributed by atoms with Gasteiger partial charge in [-0.1, -0.05) is 0 Å². The first kappa shape index (κ1) is 14.5. The standard InChI is InChI=1S/C13H25NO3/c1-13(2,12(15)16)6-8-14-7-3-11-4-9-17-10-5-11/h11,14H,3-10H2,1-2H3,(H,15,16). The number of nitrogens with one attached hydrogen (secondary N) is 1. The van der Waals surface area contributed by atoms with Crippen LogP contribution in [0.4, 0.5) is 0 Å². The van der Waals surface area contributed by atoms with Crippen molar-refractivity contribution in [1.29, 1.82) is 0 Å². The van der Waals surface area contributed by atoms with Gasteiger partial charge in [0.25, 0.3) is 0 Å². The molecular formula is C13H25NO3. The number of ether oxygens (including phenoxy) is 1. The first-order valence-corrected chi connectivity index (χ1v) is 6.54. The highest BCUT2D eigenvalue weighted by molar-refractivity contribution is 5.73. The Labute approximate surface area is 104 Å². The molecule has 17 heavy (non-hydrogen) atoms. The minimum atomic E-state index is -0.719. The minimum absolute atomic E-state index is 0.619. The van der Waals surface area contributed by atoms with Crippen LogP contribution < -0.4 is 5.32 Å². The molecule has 2 N–H and O–H groups in total. The summed E-state index contributed by atoms with van der Waals surface area (Å²) in [6.45, 7) is 7.11. The van der Waals surface area contributed by atoms with Crippen LogP contribution in [0.2, 0.25) is 0 Å². The summed E-state index contributed by atoms with van der Waals surface area (Å²) in [6.07, 6.45) is 4.19. The second-order valence-corrected chi connectivity index (χ2v) is 5.53. The fourth-order valence-electron chi connectivity index (χ4n) is 1.97. The van der Waals surface area contributed by atoms with Gasteiger partial charge < -0.3 is 15.2 Å². The Balaban J connectivity index is 2.02. The van der Waals surface area contributed by atoms with Crippen molar-refractivity contribution in [1.82, 2.24) is 5.32 Å². The highest BCUT2D eigenvalue weighted by atomic mass is 16.5. The number of carboxylic acids is 1. The summed E-state index contributed by atoms with van der Waals surface area (Å²) >= 11 is 0. The fourth-order valence-corrected chi connectivity index (χ4v) is 1.97. The number of hydrogen-bond acceptors (Lipinski definition) is 3. The molecule has 0 amide bonds. The van der Waals surface area contributed by atoms with Crippen molar-refractivity contribution >= 4 is 5.97 Å². The Bertz CT molecular complexity index is 235.